The first-order chi connectivity index (χ1) is 17.4. The van der Waals surface area contributed by atoms with Crippen LogP contribution >= 0.6 is 0 Å². The van der Waals surface area contributed by atoms with Gasteiger partial charge in [0.2, 0.25) is 12.3 Å². The first-order valence-electron chi connectivity index (χ1n) is 12.2. The van der Waals surface area contributed by atoms with E-state index >= 15 is 0 Å². The number of amides is 2. The quantitative estimate of drug-likeness (QED) is 0.475. The molecule has 2 atom stereocenters. The number of hydrogen-bond acceptors (Lipinski definition) is 4. The van der Waals surface area contributed by atoms with Gasteiger partial charge in [-0.25, -0.2) is 0 Å². The molecule has 1 aliphatic heterocycles. The molecule has 0 aromatic heterocycles. The zero-order valence-corrected chi connectivity index (χ0v) is 21.2. The second kappa shape index (κ2) is 11.1. The number of aryl methyl sites for hydroxylation is 1. The van der Waals surface area contributed by atoms with E-state index in [0.717, 1.165) is 41.2 Å². The summed E-state index contributed by atoms with van der Waals surface area (Å²) < 4.78 is 7.08. The van der Waals surface area contributed by atoms with E-state index < -0.39 is 12.1 Å². The van der Waals surface area contributed by atoms with Crippen LogP contribution in [0.1, 0.15) is 46.9 Å². The fourth-order valence-corrected chi connectivity index (χ4v) is 4.51. The second-order valence-electron chi connectivity index (χ2n) is 8.81. The van der Waals surface area contributed by atoms with E-state index in [2.05, 4.69) is 41.6 Å². The number of carbonyl (C=O) groups is 2. The Bertz CT molecular complexity index is 1250. The van der Waals surface area contributed by atoms with Gasteiger partial charge in [0.05, 0.1) is 7.11 Å². The second-order valence-corrected chi connectivity index (χ2v) is 8.81. The maximum atomic E-state index is 13.1. The molecule has 0 spiro atoms. The summed E-state index contributed by atoms with van der Waals surface area (Å²) in [6.07, 6.45) is 1.90. The molecule has 1 aliphatic rings. The highest BCUT2D eigenvalue weighted by atomic mass is 16.5. The Hall–Kier alpha value is -4.13. The number of ether oxygens (including phenoxy) is 1. The molecule has 0 aliphatic carbocycles. The Labute approximate surface area is 212 Å². The summed E-state index contributed by atoms with van der Waals surface area (Å²) in [5.41, 5.74) is 7.40. The molecule has 186 valence electrons. The summed E-state index contributed by atoms with van der Waals surface area (Å²) in [5, 5.41) is 2.95. The van der Waals surface area contributed by atoms with E-state index in [1.807, 2.05) is 67.7 Å². The number of benzene rings is 3. The minimum atomic E-state index is -0.780. The third-order valence-electron chi connectivity index (χ3n) is 6.47. The number of nitrogens with zero attached hydrogens (tertiary/aromatic N) is 2. The molecular formula is C29H33N4O3+. The summed E-state index contributed by atoms with van der Waals surface area (Å²) in [6.45, 7) is 8.07. The maximum Gasteiger partial charge on any atom is 0.304 e. The molecule has 7 heteroatoms. The zero-order valence-electron chi connectivity index (χ0n) is 21.2. The highest BCUT2D eigenvalue weighted by Crippen LogP contribution is 2.27. The van der Waals surface area contributed by atoms with Crippen LogP contribution in [0.15, 0.2) is 72.8 Å². The standard InChI is InChI=1S/C29H32N4O3/c1-5-32(6-2)24-14-10-21(11-15-24)19-33-27(22-12-16-25(36-4)17-13-22)26(29(35)31-33)30-28(34)23-9-7-8-20(3)18-23/h7-19,26-27H,5-6H2,1-4H3,(H-,30,31,34,35)/p+1/t26-,27-/m1/s1. The monoisotopic (exact) mass is 485 g/mol. The summed E-state index contributed by atoms with van der Waals surface area (Å²) in [7, 11) is 1.61. The van der Waals surface area contributed by atoms with Gasteiger partial charge >= 0.3 is 5.91 Å². The van der Waals surface area contributed by atoms with E-state index in [4.69, 9.17) is 4.74 Å². The zero-order chi connectivity index (χ0) is 25.7. The molecule has 0 radical (unpaired) electrons. The molecule has 2 amide bonds. The third kappa shape index (κ3) is 5.40. The lowest BCUT2D eigenvalue weighted by Gasteiger charge is -2.20. The lowest BCUT2D eigenvalue weighted by molar-refractivity contribution is -0.596. The third-order valence-corrected chi connectivity index (χ3v) is 6.47. The molecule has 7 nitrogen and oxygen atoms in total. The lowest BCUT2D eigenvalue weighted by atomic mass is 9.99. The summed E-state index contributed by atoms with van der Waals surface area (Å²) in [4.78, 5) is 28.4. The largest absolute Gasteiger partial charge is 0.497 e. The van der Waals surface area contributed by atoms with E-state index in [1.165, 1.54) is 0 Å². The smallest absolute Gasteiger partial charge is 0.304 e. The van der Waals surface area contributed by atoms with Crippen LogP contribution in [0.2, 0.25) is 0 Å². The van der Waals surface area contributed by atoms with Crippen LogP contribution in [0.25, 0.3) is 0 Å². The highest BCUT2D eigenvalue weighted by Gasteiger charge is 2.47. The van der Waals surface area contributed by atoms with Gasteiger partial charge in [-0.1, -0.05) is 17.7 Å². The van der Waals surface area contributed by atoms with Crippen molar-refractivity contribution in [1.82, 2.24) is 10.7 Å². The van der Waals surface area contributed by atoms with Crippen molar-refractivity contribution in [2.75, 3.05) is 25.1 Å². The fourth-order valence-electron chi connectivity index (χ4n) is 4.51. The van der Waals surface area contributed by atoms with Gasteiger partial charge in [0, 0.05) is 35.5 Å². The van der Waals surface area contributed by atoms with Crippen LogP contribution in [0.5, 0.6) is 5.75 Å². The SMILES string of the molecule is CCN(CC)c1ccc(/C=[N+]2\NC(=O)[C@H](NC(=O)c3cccc(C)c3)[C@H]2c2ccc(OC)cc2)cc1. The van der Waals surface area contributed by atoms with Crippen LogP contribution in [0.3, 0.4) is 0 Å². The van der Waals surface area contributed by atoms with Gasteiger partial charge in [0.15, 0.2) is 6.04 Å². The number of nitrogens with one attached hydrogen (secondary N) is 2. The molecule has 0 saturated carbocycles. The first kappa shape index (κ1) is 25.0. The van der Waals surface area contributed by atoms with Gasteiger partial charge in [-0.05, 0) is 81.4 Å². The number of anilines is 1. The van der Waals surface area contributed by atoms with Crippen molar-refractivity contribution in [2.24, 2.45) is 0 Å². The van der Waals surface area contributed by atoms with Gasteiger partial charge in [-0.2, -0.15) is 0 Å². The molecule has 1 heterocycles. The molecule has 2 N–H and O–H groups in total. The van der Waals surface area contributed by atoms with E-state index in [1.54, 1.807) is 17.9 Å². The Morgan fingerprint density at radius 2 is 1.75 bits per heavy atom. The fraction of sp³-hybridized carbons (Fsp3) is 0.276. The first-order valence-corrected chi connectivity index (χ1v) is 12.2. The number of carbonyl (C=O) groups excluding carboxylic acids is 2. The van der Waals surface area contributed by atoms with Crippen molar-refractivity contribution in [3.05, 3.63) is 95.1 Å². The number of hydrogen-bond donors (Lipinski definition) is 2. The van der Waals surface area contributed by atoms with Gasteiger partial charge in [0.25, 0.3) is 5.91 Å². The van der Waals surface area contributed by atoms with Gasteiger partial charge < -0.3 is 15.0 Å². The van der Waals surface area contributed by atoms with Crippen molar-refractivity contribution in [3.8, 4) is 5.75 Å². The van der Waals surface area contributed by atoms with Crippen molar-refractivity contribution in [2.45, 2.75) is 32.9 Å². The molecule has 3 aromatic rings. The molecule has 1 saturated heterocycles. The highest BCUT2D eigenvalue weighted by molar-refractivity contribution is 5.98. The Balaban J connectivity index is 1.67. The Kier molecular flexibility index (Phi) is 7.68. The number of hydrazine groups is 1. The summed E-state index contributed by atoms with van der Waals surface area (Å²) >= 11 is 0. The number of rotatable bonds is 8. The number of methoxy groups -OCH3 is 1. The Morgan fingerprint density at radius 1 is 1.06 bits per heavy atom. The van der Waals surface area contributed by atoms with Crippen molar-refractivity contribution in [3.63, 3.8) is 0 Å². The predicted octanol–water partition coefficient (Wildman–Crippen LogP) is 3.87. The van der Waals surface area contributed by atoms with Gasteiger partial charge in [0.1, 0.15) is 5.75 Å². The van der Waals surface area contributed by atoms with E-state index in [0.29, 0.717) is 5.56 Å². The summed E-state index contributed by atoms with van der Waals surface area (Å²) in [5.74, 6) is 0.162. The maximum absolute atomic E-state index is 13.1. The van der Waals surface area contributed by atoms with Crippen LogP contribution < -0.4 is 20.4 Å². The minimum absolute atomic E-state index is 0.271. The molecule has 1 fully saturated rings. The van der Waals surface area contributed by atoms with Crippen LogP contribution in [-0.2, 0) is 4.79 Å². The normalized spacial score (nSPS) is 18.1. The lowest BCUT2D eigenvalue weighted by Crippen LogP contribution is -2.42. The molecule has 36 heavy (non-hydrogen) atoms. The Morgan fingerprint density at radius 3 is 2.36 bits per heavy atom. The topological polar surface area (TPSA) is 73.7 Å². The van der Waals surface area contributed by atoms with Crippen molar-refractivity contribution in [1.29, 1.82) is 0 Å². The molecular weight excluding hydrogens is 452 g/mol. The molecule has 3 aromatic carbocycles. The van der Waals surface area contributed by atoms with Crippen LogP contribution in [-0.4, -0.2) is 49.0 Å². The van der Waals surface area contributed by atoms with Gasteiger partial charge in [-0.15, -0.1) is 10.1 Å². The van der Waals surface area contributed by atoms with Crippen LogP contribution in [0, 0.1) is 6.92 Å². The average molecular weight is 486 g/mol. The molecule has 4 rings (SSSR count). The average Bonchev–Trinajstić information content (AvgIpc) is 3.19. The minimum Gasteiger partial charge on any atom is -0.497 e. The van der Waals surface area contributed by atoms with Crippen LogP contribution in [0.4, 0.5) is 5.69 Å². The number of hydrazone groups is 1. The van der Waals surface area contributed by atoms with E-state index in [9.17, 15) is 9.59 Å². The van der Waals surface area contributed by atoms with Crippen molar-refractivity contribution >= 4 is 23.7 Å². The molecule has 0 unspecified atom stereocenters. The van der Waals surface area contributed by atoms with Gasteiger partial charge in [-0.3, -0.25) is 9.59 Å². The van der Waals surface area contributed by atoms with Crippen molar-refractivity contribution < 1.29 is 19.0 Å². The molecule has 0 bridgehead atoms. The summed E-state index contributed by atoms with van der Waals surface area (Å²) in [6, 6.07) is 21.9. The van der Waals surface area contributed by atoms with E-state index in [-0.39, 0.29) is 11.8 Å². The predicted molar refractivity (Wildman–Crippen MR) is 142 cm³/mol.